The Balaban J connectivity index is 1.83. The van der Waals surface area contributed by atoms with E-state index in [4.69, 9.17) is 5.73 Å². The van der Waals surface area contributed by atoms with Crippen LogP contribution in [-0.2, 0) is 13.0 Å². The van der Waals surface area contributed by atoms with Crippen molar-refractivity contribution < 1.29 is 0 Å². The van der Waals surface area contributed by atoms with Crippen LogP contribution >= 0.6 is 11.3 Å². The lowest BCUT2D eigenvalue weighted by Gasteiger charge is -2.05. The Morgan fingerprint density at radius 1 is 1.32 bits per heavy atom. The lowest BCUT2D eigenvalue weighted by Crippen LogP contribution is -2.04. The molecule has 3 rings (SSSR count). The number of hydrogen-bond acceptors (Lipinski definition) is 6. The number of nitrogens with zero attached hydrogens (tertiary/aromatic N) is 3. The maximum Gasteiger partial charge on any atom is 0.224 e. The highest BCUT2D eigenvalue weighted by atomic mass is 32.1. The second-order valence-electron chi connectivity index (χ2n) is 4.11. The first-order chi connectivity index (χ1) is 9.26. The molecule has 0 saturated heterocycles. The first-order valence-corrected chi connectivity index (χ1v) is 6.86. The van der Waals surface area contributed by atoms with Gasteiger partial charge in [-0.1, -0.05) is 6.92 Å². The van der Waals surface area contributed by atoms with Crippen LogP contribution in [0.4, 0.5) is 11.8 Å². The highest BCUT2D eigenvalue weighted by molar-refractivity contribution is 7.12. The zero-order chi connectivity index (χ0) is 13.2. The van der Waals surface area contributed by atoms with Crippen molar-refractivity contribution in [2.24, 2.45) is 0 Å². The molecule has 0 radical (unpaired) electrons. The van der Waals surface area contributed by atoms with Crippen molar-refractivity contribution in [1.29, 1.82) is 0 Å². The molecule has 0 aliphatic rings. The summed E-state index contributed by atoms with van der Waals surface area (Å²) in [5, 5.41) is 3.28. The third-order valence-corrected chi connectivity index (χ3v) is 4.03. The monoisotopic (exact) mass is 274 g/mol. The van der Waals surface area contributed by atoms with Gasteiger partial charge in [0.05, 0.1) is 12.9 Å². The van der Waals surface area contributed by atoms with Gasteiger partial charge in [-0.05, 0) is 18.6 Å². The largest absolute Gasteiger partial charge is 0.368 e. The summed E-state index contributed by atoms with van der Waals surface area (Å²) in [6.07, 6.45) is 2.65. The van der Waals surface area contributed by atoms with Gasteiger partial charge in [0.1, 0.15) is 5.52 Å². The summed E-state index contributed by atoms with van der Waals surface area (Å²) in [7, 11) is 0. The molecule has 3 aromatic rings. The molecule has 3 heterocycles. The molecule has 0 spiro atoms. The maximum absolute atomic E-state index is 5.66. The van der Waals surface area contributed by atoms with Gasteiger partial charge in [0, 0.05) is 9.75 Å². The molecule has 7 heteroatoms. The fourth-order valence-electron chi connectivity index (χ4n) is 1.86. The van der Waals surface area contributed by atoms with E-state index in [2.05, 4.69) is 44.3 Å². The fraction of sp³-hybridized carbons (Fsp3) is 0.250. The zero-order valence-corrected chi connectivity index (χ0v) is 11.3. The number of aromatic nitrogens is 4. The minimum atomic E-state index is 0.225. The van der Waals surface area contributed by atoms with Gasteiger partial charge in [0.2, 0.25) is 5.95 Å². The summed E-state index contributed by atoms with van der Waals surface area (Å²) in [6.45, 7) is 2.87. The summed E-state index contributed by atoms with van der Waals surface area (Å²) >= 11 is 1.80. The lowest BCUT2D eigenvalue weighted by atomic mass is 10.3. The average molecular weight is 274 g/mol. The average Bonchev–Trinajstić information content (AvgIpc) is 3.03. The topological polar surface area (TPSA) is 92.5 Å². The number of nitrogens with two attached hydrogens (primary N) is 1. The summed E-state index contributed by atoms with van der Waals surface area (Å²) in [5.74, 6) is 0.911. The molecule has 0 atom stereocenters. The Morgan fingerprint density at radius 3 is 2.95 bits per heavy atom. The number of hydrogen-bond donors (Lipinski definition) is 3. The molecular weight excluding hydrogens is 260 g/mol. The third-order valence-electron chi connectivity index (χ3n) is 2.80. The van der Waals surface area contributed by atoms with Crippen LogP contribution < -0.4 is 11.1 Å². The van der Waals surface area contributed by atoms with Crippen molar-refractivity contribution in [3.05, 3.63) is 28.2 Å². The molecule has 0 aliphatic carbocycles. The number of aromatic amines is 1. The van der Waals surface area contributed by atoms with E-state index < -0.39 is 0 Å². The van der Waals surface area contributed by atoms with Gasteiger partial charge in [-0.2, -0.15) is 9.97 Å². The van der Waals surface area contributed by atoms with E-state index in [9.17, 15) is 0 Å². The Hall–Kier alpha value is -2.15. The summed E-state index contributed by atoms with van der Waals surface area (Å²) in [5.41, 5.74) is 7.02. The number of nitrogen functional groups attached to an aromatic ring is 1. The fourth-order valence-corrected chi connectivity index (χ4v) is 2.75. The summed E-state index contributed by atoms with van der Waals surface area (Å²) in [4.78, 5) is 18.0. The van der Waals surface area contributed by atoms with Crippen LogP contribution in [0.25, 0.3) is 11.2 Å². The molecule has 0 aliphatic heterocycles. The molecule has 4 N–H and O–H groups in total. The molecule has 98 valence electrons. The van der Waals surface area contributed by atoms with Gasteiger partial charge >= 0.3 is 0 Å². The molecule has 19 heavy (non-hydrogen) atoms. The van der Waals surface area contributed by atoms with Gasteiger partial charge in [-0.15, -0.1) is 11.3 Å². The number of rotatable bonds is 4. The number of anilines is 2. The number of nitrogens with one attached hydrogen (secondary N) is 2. The number of aryl methyl sites for hydroxylation is 1. The molecule has 0 aromatic carbocycles. The minimum Gasteiger partial charge on any atom is -0.368 e. The van der Waals surface area contributed by atoms with Crippen LogP contribution in [-0.4, -0.2) is 19.9 Å². The number of fused-ring (bicyclic) bond motifs is 1. The number of imidazole rings is 1. The molecule has 0 unspecified atom stereocenters. The van der Waals surface area contributed by atoms with Gasteiger partial charge in [0.15, 0.2) is 11.5 Å². The molecule has 0 fully saturated rings. The Bertz CT molecular complexity index is 701. The predicted octanol–water partition coefficient (Wildman–Crippen LogP) is 2.17. The van der Waals surface area contributed by atoms with E-state index in [0.717, 1.165) is 18.5 Å². The number of thiophene rings is 1. The molecule has 0 amide bonds. The van der Waals surface area contributed by atoms with Crippen LogP contribution in [0.1, 0.15) is 16.7 Å². The van der Waals surface area contributed by atoms with E-state index in [-0.39, 0.29) is 5.95 Å². The van der Waals surface area contributed by atoms with Crippen molar-refractivity contribution in [3.8, 4) is 0 Å². The first-order valence-electron chi connectivity index (χ1n) is 6.04. The Labute approximate surface area is 114 Å². The quantitative estimate of drug-likeness (QED) is 0.678. The summed E-state index contributed by atoms with van der Waals surface area (Å²) < 4.78 is 0. The van der Waals surface area contributed by atoms with Crippen molar-refractivity contribution in [3.63, 3.8) is 0 Å². The van der Waals surface area contributed by atoms with Crippen molar-refractivity contribution >= 4 is 34.3 Å². The smallest absolute Gasteiger partial charge is 0.224 e. The van der Waals surface area contributed by atoms with E-state index in [0.29, 0.717) is 11.5 Å². The normalized spacial score (nSPS) is 11.0. The predicted molar refractivity (Wildman–Crippen MR) is 77.1 cm³/mol. The van der Waals surface area contributed by atoms with Gasteiger partial charge in [0.25, 0.3) is 0 Å². The minimum absolute atomic E-state index is 0.225. The van der Waals surface area contributed by atoms with E-state index in [1.54, 1.807) is 17.7 Å². The van der Waals surface area contributed by atoms with Crippen LogP contribution in [0.2, 0.25) is 0 Å². The van der Waals surface area contributed by atoms with Gasteiger partial charge < -0.3 is 16.0 Å². The second kappa shape index (κ2) is 4.85. The highest BCUT2D eigenvalue weighted by Gasteiger charge is 2.08. The van der Waals surface area contributed by atoms with Crippen LogP contribution in [0, 0.1) is 0 Å². The Morgan fingerprint density at radius 2 is 2.16 bits per heavy atom. The second-order valence-corrected chi connectivity index (χ2v) is 5.36. The van der Waals surface area contributed by atoms with E-state index in [1.165, 1.54) is 9.75 Å². The molecule has 3 aromatic heterocycles. The standard InChI is InChI=1S/C12H14N6S/c1-2-7-3-4-8(19-7)5-14-10-9-11(16-6-15-9)18-12(13)17-10/h3-4,6H,2,5H2,1H3,(H4,13,14,15,16,17,18). The van der Waals surface area contributed by atoms with Crippen LogP contribution in [0.15, 0.2) is 18.5 Å². The van der Waals surface area contributed by atoms with Crippen molar-refractivity contribution in [1.82, 2.24) is 19.9 Å². The van der Waals surface area contributed by atoms with Crippen LogP contribution in [0.3, 0.4) is 0 Å². The van der Waals surface area contributed by atoms with E-state index >= 15 is 0 Å². The third kappa shape index (κ3) is 2.37. The maximum atomic E-state index is 5.66. The highest BCUT2D eigenvalue weighted by Crippen LogP contribution is 2.21. The van der Waals surface area contributed by atoms with Gasteiger partial charge in [-0.3, -0.25) is 0 Å². The zero-order valence-electron chi connectivity index (χ0n) is 10.5. The van der Waals surface area contributed by atoms with Crippen molar-refractivity contribution in [2.45, 2.75) is 19.9 Å². The van der Waals surface area contributed by atoms with Crippen molar-refractivity contribution in [2.75, 3.05) is 11.1 Å². The number of H-pyrrole nitrogens is 1. The molecule has 0 bridgehead atoms. The summed E-state index contributed by atoms with van der Waals surface area (Å²) in [6, 6.07) is 4.28. The van der Waals surface area contributed by atoms with Gasteiger partial charge in [-0.25, -0.2) is 4.98 Å². The van der Waals surface area contributed by atoms with Crippen LogP contribution in [0.5, 0.6) is 0 Å². The molecule has 6 nitrogen and oxygen atoms in total. The SMILES string of the molecule is CCc1ccc(CNc2nc(N)nc3nc[nH]c23)s1. The Kier molecular flexibility index (Phi) is 3.04. The first kappa shape index (κ1) is 11.9. The molecule has 0 saturated carbocycles. The van der Waals surface area contributed by atoms with E-state index in [1.807, 2.05) is 0 Å². The molecular formula is C12H14N6S. The lowest BCUT2D eigenvalue weighted by molar-refractivity contribution is 1.13.